The molecule has 1 atom stereocenters. The molecule has 1 N–H and O–H groups in total. The lowest BCUT2D eigenvalue weighted by Crippen LogP contribution is -2.57. The van der Waals surface area contributed by atoms with Gasteiger partial charge < -0.3 is 14.9 Å². The van der Waals surface area contributed by atoms with Gasteiger partial charge in [-0.2, -0.15) is 11.8 Å². The van der Waals surface area contributed by atoms with E-state index in [9.17, 15) is 5.11 Å². The van der Waals surface area contributed by atoms with Gasteiger partial charge in [0.1, 0.15) is 0 Å². The molecule has 2 aliphatic heterocycles. The number of pyridine rings is 1. The molecule has 5 nitrogen and oxygen atoms in total. The first-order valence-corrected chi connectivity index (χ1v) is 10.3. The number of anilines is 1. The number of aromatic nitrogens is 1. The number of piperazine rings is 1. The van der Waals surface area contributed by atoms with Crippen LogP contribution in [-0.2, 0) is 5.75 Å². The lowest BCUT2D eigenvalue weighted by atomic mass is 9.91. The second-order valence-electron chi connectivity index (χ2n) is 7.27. The lowest BCUT2D eigenvalue weighted by Gasteiger charge is -2.44. The second kappa shape index (κ2) is 8.04. The highest BCUT2D eigenvalue weighted by Crippen LogP contribution is 2.27. The van der Waals surface area contributed by atoms with Gasteiger partial charge in [-0.15, -0.1) is 0 Å². The number of β-amino-alcohol motifs (C(OH)–C–C–N with tert-alkyl or cyclic N) is 1. The molecular weight excluding hydrogens is 320 g/mol. The summed E-state index contributed by atoms with van der Waals surface area (Å²) in [5.74, 6) is 0.952. The molecule has 24 heavy (non-hydrogen) atoms. The molecule has 0 radical (unpaired) electrons. The second-order valence-corrected chi connectivity index (χ2v) is 8.14. The molecule has 0 aromatic carbocycles. The topological polar surface area (TPSA) is 42.8 Å². The zero-order valence-electron chi connectivity index (χ0n) is 14.9. The minimum atomic E-state index is -0.605. The Hall–Kier alpha value is -0.820. The average Bonchev–Trinajstić information content (AvgIpc) is 2.58. The summed E-state index contributed by atoms with van der Waals surface area (Å²) in [5.41, 5.74) is 1.65. The van der Waals surface area contributed by atoms with Crippen LogP contribution in [0.1, 0.15) is 18.5 Å². The first-order valence-electron chi connectivity index (χ1n) is 8.90. The zero-order chi connectivity index (χ0) is 17.0. The van der Waals surface area contributed by atoms with Crippen LogP contribution in [0.3, 0.4) is 0 Å². The fourth-order valence-electron chi connectivity index (χ4n) is 3.72. The Morgan fingerprint density at radius 1 is 1.21 bits per heavy atom. The van der Waals surface area contributed by atoms with Crippen LogP contribution in [0, 0.1) is 0 Å². The highest BCUT2D eigenvalue weighted by molar-refractivity contribution is 7.97. The summed E-state index contributed by atoms with van der Waals surface area (Å²) in [5, 5.41) is 11.1. The van der Waals surface area contributed by atoms with E-state index in [4.69, 9.17) is 0 Å². The maximum absolute atomic E-state index is 11.1. The number of likely N-dealkylation sites (N-methyl/N-ethyl adjacent to an activating group) is 1. The van der Waals surface area contributed by atoms with Crippen molar-refractivity contribution in [1.29, 1.82) is 0 Å². The molecule has 0 bridgehead atoms. The van der Waals surface area contributed by atoms with Crippen molar-refractivity contribution in [2.75, 3.05) is 64.0 Å². The fourth-order valence-corrected chi connectivity index (χ4v) is 4.19. The zero-order valence-corrected chi connectivity index (χ0v) is 15.8. The number of hydrogen-bond donors (Lipinski definition) is 1. The highest BCUT2D eigenvalue weighted by atomic mass is 32.2. The van der Waals surface area contributed by atoms with Gasteiger partial charge in [-0.3, -0.25) is 9.88 Å². The Morgan fingerprint density at radius 3 is 2.67 bits per heavy atom. The number of aliphatic hydroxyl groups is 1. The van der Waals surface area contributed by atoms with E-state index in [0.29, 0.717) is 6.54 Å². The van der Waals surface area contributed by atoms with E-state index >= 15 is 0 Å². The van der Waals surface area contributed by atoms with Crippen molar-refractivity contribution >= 4 is 17.4 Å². The van der Waals surface area contributed by atoms with Gasteiger partial charge in [0, 0.05) is 51.6 Å². The predicted octanol–water partition coefficient (Wildman–Crippen LogP) is 1.52. The minimum absolute atomic E-state index is 0.605. The average molecular weight is 351 g/mol. The van der Waals surface area contributed by atoms with Crippen molar-refractivity contribution < 1.29 is 5.11 Å². The molecule has 2 fully saturated rings. The molecule has 0 saturated carbocycles. The van der Waals surface area contributed by atoms with Crippen LogP contribution in [0.2, 0.25) is 0 Å². The van der Waals surface area contributed by atoms with Gasteiger partial charge in [0.05, 0.1) is 23.2 Å². The molecule has 134 valence electrons. The van der Waals surface area contributed by atoms with Crippen LogP contribution in [0.4, 0.5) is 5.69 Å². The third-order valence-electron chi connectivity index (χ3n) is 5.14. The smallest absolute Gasteiger partial charge is 0.0948 e. The molecule has 3 heterocycles. The summed E-state index contributed by atoms with van der Waals surface area (Å²) in [7, 11) is 2.17. The van der Waals surface area contributed by atoms with E-state index < -0.39 is 5.60 Å². The summed E-state index contributed by atoms with van der Waals surface area (Å²) in [6, 6.07) is 4.26. The Labute approximate surface area is 150 Å². The van der Waals surface area contributed by atoms with Crippen LogP contribution >= 0.6 is 11.8 Å². The monoisotopic (exact) mass is 350 g/mol. The molecular formula is C18H30N4OS. The van der Waals surface area contributed by atoms with Gasteiger partial charge in [0.25, 0.3) is 0 Å². The number of hydrogen-bond acceptors (Lipinski definition) is 6. The standard InChI is InChI=1S/C18H30N4OS/c1-20-8-10-21(11-9-20)14-18(23)6-3-7-22(15-18)17-5-4-16(13-24-2)19-12-17/h4-5,12,23H,3,6-11,13-15H2,1-2H3/t18-/m0/s1. The lowest BCUT2D eigenvalue weighted by molar-refractivity contribution is -0.0172. The van der Waals surface area contributed by atoms with E-state index in [1.54, 1.807) is 11.8 Å². The van der Waals surface area contributed by atoms with E-state index in [-0.39, 0.29) is 0 Å². The molecule has 2 aliphatic rings. The minimum Gasteiger partial charge on any atom is -0.387 e. The van der Waals surface area contributed by atoms with Gasteiger partial charge in [-0.1, -0.05) is 0 Å². The highest BCUT2D eigenvalue weighted by Gasteiger charge is 2.35. The third kappa shape index (κ3) is 4.63. The molecule has 0 unspecified atom stereocenters. The molecule has 1 aromatic heterocycles. The summed E-state index contributed by atoms with van der Waals surface area (Å²) >= 11 is 1.79. The maximum Gasteiger partial charge on any atom is 0.0948 e. The molecule has 3 rings (SSSR count). The van der Waals surface area contributed by atoms with Crippen LogP contribution in [-0.4, -0.2) is 84.6 Å². The Bertz CT molecular complexity index is 518. The maximum atomic E-state index is 11.1. The van der Waals surface area contributed by atoms with Crippen molar-refractivity contribution in [2.45, 2.75) is 24.2 Å². The Kier molecular flexibility index (Phi) is 6.02. The normalized spacial score (nSPS) is 26.7. The quantitative estimate of drug-likeness (QED) is 0.869. The van der Waals surface area contributed by atoms with Crippen molar-refractivity contribution in [3.8, 4) is 0 Å². The first kappa shape index (κ1) is 18.0. The van der Waals surface area contributed by atoms with Crippen LogP contribution in [0.25, 0.3) is 0 Å². The summed E-state index contributed by atoms with van der Waals surface area (Å²) in [6.45, 7) is 6.82. The van der Waals surface area contributed by atoms with Gasteiger partial charge in [-0.25, -0.2) is 0 Å². The molecule has 0 spiro atoms. The summed E-state index contributed by atoms with van der Waals surface area (Å²) < 4.78 is 0. The van der Waals surface area contributed by atoms with Gasteiger partial charge in [0.15, 0.2) is 0 Å². The SMILES string of the molecule is CSCc1ccc(N2CCC[C@](O)(CN3CCN(C)CC3)C2)cn1. The number of nitrogens with zero attached hydrogens (tertiary/aromatic N) is 4. The largest absolute Gasteiger partial charge is 0.387 e. The van der Waals surface area contributed by atoms with E-state index in [0.717, 1.165) is 69.2 Å². The number of rotatable bonds is 5. The summed E-state index contributed by atoms with van der Waals surface area (Å²) in [4.78, 5) is 11.6. The molecule has 1 aromatic rings. The number of thioether (sulfide) groups is 1. The molecule has 0 aliphatic carbocycles. The van der Waals surface area contributed by atoms with E-state index in [2.05, 4.69) is 45.1 Å². The Balaban J connectivity index is 1.60. The van der Waals surface area contributed by atoms with Crippen LogP contribution < -0.4 is 4.90 Å². The predicted molar refractivity (Wildman–Crippen MR) is 102 cm³/mol. The van der Waals surface area contributed by atoms with E-state index in [1.807, 2.05) is 6.20 Å². The Morgan fingerprint density at radius 2 is 2.00 bits per heavy atom. The van der Waals surface area contributed by atoms with Crippen LogP contribution in [0.5, 0.6) is 0 Å². The first-order chi connectivity index (χ1) is 11.6. The van der Waals surface area contributed by atoms with Crippen molar-refractivity contribution in [3.05, 3.63) is 24.0 Å². The summed E-state index contributed by atoms with van der Waals surface area (Å²) in [6.07, 6.45) is 6.00. The van der Waals surface area contributed by atoms with E-state index in [1.165, 1.54) is 0 Å². The molecule has 6 heteroatoms. The molecule has 0 amide bonds. The van der Waals surface area contributed by atoms with Crippen molar-refractivity contribution in [1.82, 2.24) is 14.8 Å². The van der Waals surface area contributed by atoms with Gasteiger partial charge in [-0.05, 0) is 38.3 Å². The fraction of sp³-hybridized carbons (Fsp3) is 0.722. The number of piperidine rings is 1. The van der Waals surface area contributed by atoms with Crippen molar-refractivity contribution in [2.24, 2.45) is 0 Å². The molecule has 2 saturated heterocycles. The van der Waals surface area contributed by atoms with Gasteiger partial charge in [0.2, 0.25) is 0 Å². The van der Waals surface area contributed by atoms with Crippen molar-refractivity contribution in [3.63, 3.8) is 0 Å². The third-order valence-corrected chi connectivity index (χ3v) is 5.72. The van der Waals surface area contributed by atoms with Gasteiger partial charge >= 0.3 is 0 Å². The van der Waals surface area contributed by atoms with Crippen LogP contribution in [0.15, 0.2) is 18.3 Å².